The Labute approximate surface area is 116 Å². The minimum Gasteiger partial charge on any atom is -0.371 e. The summed E-state index contributed by atoms with van der Waals surface area (Å²) in [7, 11) is 0. The zero-order chi connectivity index (χ0) is 13.7. The highest BCUT2D eigenvalue weighted by molar-refractivity contribution is 5.92. The number of nitrogens with zero attached hydrogens (tertiary/aromatic N) is 2. The third-order valence-corrected chi connectivity index (χ3v) is 3.50. The first-order chi connectivity index (χ1) is 9.30. The summed E-state index contributed by atoms with van der Waals surface area (Å²) in [4.78, 5) is 7.08. The summed E-state index contributed by atoms with van der Waals surface area (Å²) in [5.41, 5.74) is 3.75. The molecule has 2 nitrogen and oxygen atoms in total. The Kier molecular flexibility index (Phi) is 4.78. The average molecular weight is 256 g/mol. The zero-order valence-corrected chi connectivity index (χ0v) is 12.3. The van der Waals surface area contributed by atoms with Crippen molar-refractivity contribution in [2.24, 2.45) is 0 Å². The highest BCUT2D eigenvalue weighted by Crippen LogP contribution is 2.27. The van der Waals surface area contributed by atoms with Crippen LogP contribution in [0.15, 0.2) is 30.5 Å². The number of fused-ring (bicyclic) bond motifs is 1. The summed E-state index contributed by atoms with van der Waals surface area (Å²) in [5, 5.41) is 1.30. The van der Waals surface area contributed by atoms with E-state index in [2.05, 4.69) is 54.9 Å². The molecule has 0 aliphatic carbocycles. The Morgan fingerprint density at radius 1 is 1.05 bits per heavy atom. The molecule has 0 bridgehead atoms. The van der Waals surface area contributed by atoms with Crippen LogP contribution in [-0.2, 0) is 6.42 Å². The minimum atomic E-state index is 1.04. The first-order valence-corrected chi connectivity index (χ1v) is 7.42. The number of aryl methyl sites for hydroxylation is 1. The van der Waals surface area contributed by atoms with Gasteiger partial charge in [0, 0.05) is 30.4 Å². The Balaban J connectivity index is 2.50. The third-order valence-electron chi connectivity index (χ3n) is 3.50. The molecule has 0 fully saturated rings. The Bertz CT molecular complexity index is 528. The molecule has 0 saturated carbocycles. The maximum Gasteiger partial charge on any atom is 0.0723 e. The molecule has 2 heteroatoms. The molecule has 0 N–H and O–H groups in total. The van der Waals surface area contributed by atoms with E-state index in [1.807, 2.05) is 6.20 Å². The van der Waals surface area contributed by atoms with Crippen molar-refractivity contribution < 1.29 is 0 Å². The topological polar surface area (TPSA) is 16.1 Å². The Hall–Kier alpha value is -1.57. The lowest BCUT2D eigenvalue weighted by Gasteiger charge is -2.25. The molecule has 1 aromatic carbocycles. The average Bonchev–Trinajstić information content (AvgIpc) is 2.46. The molecule has 0 radical (unpaired) electrons. The fraction of sp³-hybridized carbons (Fsp3) is 0.471. The predicted molar refractivity (Wildman–Crippen MR) is 83.9 cm³/mol. The smallest absolute Gasteiger partial charge is 0.0723 e. The van der Waals surface area contributed by atoms with E-state index in [1.54, 1.807) is 0 Å². The first-order valence-electron chi connectivity index (χ1n) is 7.42. The maximum absolute atomic E-state index is 4.59. The van der Waals surface area contributed by atoms with Crippen molar-refractivity contribution in [3.63, 3.8) is 0 Å². The largest absolute Gasteiger partial charge is 0.371 e. The van der Waals surface area contributed by atoms with Gasteiger partial charge in [0.15, 0.2) is 0 Å². The van der Waals surface area contributed by atoms with E-state index >= 15 is 0 Å². The van der Waals surface area contributed by atoms with Gasteiger partial charge in [-0.1, -0.05) is 26.8 Å². The van der Waals surface area contributed by atoms with Crippen LogP contribution in [0.1, 0.15) is 39.2 Å². The van der Waals surface area contributed by atoms with Gasteiger partial charge in [0.2, 0.25) is 0 Å². The van der Waals surface area contributed by atoms with Gasteiger partial charge in [0.1, 0.15) is 0 Å². The molecule has 1 heterocycles. The van der Waals surface area contributed by atoms with Gasteiger partial charge in [-0.3, -0.25) is 4.98 Å². The summed E-state index contributed by atoms with van der Waals surface area (Å²) in [6, 6.07) is 8.76. The van der Waals surface area contributed by atoms with Gasteiger partial charge in [-0.25, -0.2) is 0 Å². The van der Waals surface area contributed by atoms with E-state index in [9.17, 15) is 0 Å². The molecule has 1 aromatic heterocycles. The van der Waals surface area contributed by atoms with Crippen molar-refractivity contribution in [3.05, 3.63) is 36.0 Å². The van der Waals surface area contributed by atoms with Gasteiger partial charge >= 0.3 is 0 Å². The van der Waals surface area contributed by atoms with Crippen molar-refractivity contribution in [1.29, 1.82) is 0 Å². The van der Waals surface area contributed by atoms with Crippen LogP contribution in [0.25, 0.3) is 10.9 Å². The quantitative estimate of drug-likeness (QED) is 0.760. The highest BCUT2D eigenvalue weighted by atomic mass is 15.1. The SMILES string of the molecule is CCCN(CCC)c1cccc2ncc(CC)cc12. The van der Waals surface area contributed by atoms with Crippen LogP contribution in [0.4, 0.5) is 5.69 Å². The zero-order valence-electron chi connectivity index (χ0n) is 12.3. The summed E-state index contributed by atoms with van der Waals surface area (Å²) in [5.74, 6) is 0. The van der Waals surface area contributed by atoms with Gasteiger partial charge < -0.3 is 4.90 Å². The van der Waals surface area contributed by atoms with Crippen LogP contribution in [0.3, 0.4) is 0 Å². The normalized spacial score (nSPS) is 10.9. The van der Waals surface area contributed by atoms with Crippen LogP contribution < -0.4 is 4.90 Å². The molecule has 0 aliphatic rings. The van der Waals surface area contributed by atoms with E-state index in [0.717, 1.165) is 25.0 Å². The standard InChI is InChI=1S/C17H24N2/c1-4-10-19(11-5-2)17-9-7-8-16-15(17)12-14(6-3)13-18-16/h7-9,12-13H,4-6,10-11H2,1-3H3. The fourth-order valence-electron chi connectivity index (χ4n) is 2.54. The maximum atomic E-state index is 4.59. The molecule has 2 rings (SSSR count). The van der Waals surface area contributed by atoms with E-state index in [0.29, 0.717) is 0 Å². The summed E-state index contributed by atoms with van der Waals surface area (Å²) in [6.07, 6.45) is 5.39. The van der Waals surface area contributed by atoms with Crippen molar-refractivity contribution in [3.8, 4) is 0 Å². The van der Waals surface area contributed by atoms with Crippen molar-refractivity contribution in [1.82, 2.24) is 4.98 Å². The lowest BCUT2D eigenvalue weighted by molar-refractivity contribution is 0.747. The molecule has 19 heavy (non-hydrogen) atoms. The van der Waals surface area contributed by atoms with Crippen LogP contribution >= 0.6 is 0 Å². The van der Waals surface area contributed by atoms with Gasteiger partial charge in [-0.2, -0.15) is 0 Å². The van der Waals surface area contributed by atoms with Gasteiger partial charge in [-0.15, -0.1) is 0 Å². The lowest BCUT2D eigenvalue weighted by Crippen LogP contribution is -2.25. The second kappa shape index (κ2) is 6.55. The monoisotopic (exact) mass is 256 g/mol. The molecule has 0 atom stereocenters. The van der Waals surface area contributed by atoms with Crippen LogP contribution in [0, 0.1) is 0 Å². The first kappa shape index (κ1) is 13.9. The molecule has 0 spiro atoms. The van der Waals surface area contributed by atoms with Crippen molar-refractivity contribution in [2.45, 2.75) is 40.0 Å². The molecular weight excluding hydrogens is 232 g/mol. The van der Waals surface area contributed by atoms with E-state index in [4.69, 9.17) is 0 Å². The van der Waals surface area contributed by atoms with Crippen LogP contribution in [0.5, 0.6) is 0 Å². The molecule has 0 saturated heterocycles. The Morgan fingerprint density at radius 3 is 2.42 bits per heavy atom. The molecule has 102 valence electrons. The molecule has 0 aliphatic heterocycles. The minimum absolute atomic E-state index is 1.04. The molecular formula is C17H24N2. The number of rotatable bonds is 6. The van der Waals surface area contributed by atoms with E-state index in [1.165, 1.54) is 29.5 Å². The van der Waals surface area contributed by atoms with Crippen molar-refractivity contribution in [2.75, 3.05) is 18.0 Å². The predicted octanol–water partition coefficient (Wildman–Crippen LogP) is 4.42. The van der Waals surface area contributed by atoms with E-state index in [-0.39, 0.29) is 0 Å². The third kappa shape index (κ3) is 3.06. The number of benzene rings is 1. The van der Waals surface area contributed by atoms with Crippen LogP contribution in [-0.4, -0.2) is 18.1 Å². The van der Waals surface area contributed by atoms with Gasteiger partial charge in [-0.05, 0) is 43.0 Å². The number of hydrogen-bond donors (Lipinski definition) is 0. The lowest BCUT2D eigenvalue weighted by atomic mass is 10.1. The van der Waals surface area contributed by atoms with Crippen LogP contribution in [0.2, 0.25) is 0 Å². The Morgan fingerprint density at radius 2 is 1.79 bits per heavy atom. The summed E-state index contributed by atoms with van der Waals surface area (Å²) < 4.78 is 0. The number of pyridine rings is 1. The molecule has 2 aromatic rings. The fourth-order valence-corrected chi connectivity index (χ4v) is 2.54. The van der Waals surface area contributed by atoms with Crippen molar-refractivity contribution >= 4 is 16.6 Å². The highest BCUT2D eigenvalue weighted by Gasteiger charge is 2.09. The molecule has 0 unspecified atom stereocenters. The van der Waals surface area contributed by atoms with Gasteiger partial charge in [0.05, 0.1) is 5.52 Å². The summed E-state index contributed by atoms with van der Waals surface area (Å²) in [6.45, 7) is 8.89. The second-order valence-corrected chi connectivity index (χ2v) is 5.03. The number of anilines is 1. The number of aromatic nitrogens is 1. The van der Waals surface area contributed by atoms with E-state index < -0.39 is 0 Å². The molecule has 0 amide bonds. The van der Waals surface area contributed by atoms with Gasteiger partial charge in [0.25, 0.3) is 0 Å². The summed E-state index contributed by atoms with van der Waals surface area (Å²) >= 11 is 0. The number of hydrogen-bond acceptors (Lipinski definition) is 2. The second-order valence-electron chi connectivity index (χ2n) is 5.03.